The number of allylic oxidation sites excluding steroid dienone is 9. The predicted octanol–water partition coefficient (Wildman–Crippen LogP) is 4.37. The Labute approximate surface area is 98.3 Å². The van der Waals surface area contributed by atoms with Crippen molar-refractivity contribution in [1.29, 1.82) is 0 Å². The summed E-state index contributed by atoms with van der Waals surface area (Å²) in [6.07, 6.45) is 23.5. The molecule has 16 heavy (non-hydrogen) atoms. The monoisotopic (exact) mass is 213 g/mol. The van der Waals surface area contributed by atoms with E-state index in [9.17, 15) is 0 Å². The van der Waals surface area contributed by atoms with E-state index < -0.39 is 0 Å². The van der Waals surface area contributed by atoms with Crippen molar-refractivity contribution in [2.75, 3.05) is 0 Å². The molecule has 0 radical (unpaired) electrons. The zero-order valence-corrected chi connectivity index (χ0v) is 9.84. The number of aliphatic imine (C=N–C) groups is 1. The van der Waals surface area contributed by atoms with Crippen molar-refractivity contribution in [3.63, 3.8) is 0 Å². The molecule has 84 valence electrons. The van der Waals surface area contributed by atoms with Crippen molar-refractivity contribution < 1.29 is 0 Å². The summed E-state index contributed by atoms with van der Waals surface area (Å²) in [6, 6.07) is 0. The number of hydrogen-bond acceptors (Lipinski definition) is 1. The Kier molecular flexibility index (Phi) is 6.73. The molecule has 0 atom stereocenters. The Hall–Kier alpha value is -1.63. The first-order chi connectivity index (χ1) is 7.93. The molecule has 0 N–H and O–H groups in total. The van der Waals surface area contributed by atoms with Crippen molar-refractivity contribution >= 4 is 5.71 Å². The molecule has 0 amide bonds. The van der Waals surface area contributed by atoms with E-state index in [0.717, 1.165) is 19.3 Å². The minimum atomic E-state index is 0.919. The van der Waals surface area contributed by atoms with Gasteiger partial charge in [0.05, 0.1) is 0 Å². The number of rotatable bonds is 3. The Balaban J connectivity index is 2.54. The summed E-state index contributed by atoms with van der Waals surface area (Å²) in [4.78, 5) is 4.46. The molecule has 0 aromatic carbocycles. The third-order valence-corrected chi connectivity index (χ3v) is 2.16. The zero-order valence-electron chi connectivity index (χ0n) is 9.84. The maximum absolute atomic E-state index is 4.46. The van der Waals surface area contributed by atoms with Gasteiger partial charge in [-0.05, 0) is 13.3 Å². The molecule has 0 aromatic heterocycles. The maximum Gasteiger partial charge on any atom is 0.0254 e. The van der Waals surface area contributed by atoms with Crippen LogP contribution in [-0.4, -0.2) is 5.71 Å². The molecular formula is C15H19N. The smallest absolute Gasteiger partial charge is 0.0254 e. The highest BCUT2D eigenvalue weighted by Gasteiger charge is 1.92. The lowest BCUT2D eigenvalue weighted by Crippen LogP contribution is -1.93. The topological polar surface area (TPSA) is 12.4 Å². The van der Waals surface area contributed by atoms with E-state index >= 15 is 0 Å². The predicted molar refractivity (Wildman–Crippen MR) is 72.7 cm³/mol. The Morgan fingerprint density at radius 2 is 2.06 bits per heavy atom. The molecule has 0 bridgehead atoms. The van der Waals surface area contributed by atoms with Crippen molar-refractivity contribution in [1.82, 2.24) is 0 Å². The van der Waals surface area contributed by atoms with Crippen molar-refractivity contribution in [2.24, 2.45) is 4.99 Å². The lowest BCUT2D eigenvalue weighted by molar-refractivity contribution is 1.27. The van der Waals surface area contributed by atoms with Crippen LogP contribution < -0.4 is 0 Å². The third-order valence-electron chi connectivity index (χ3n) is 2.16. The van der Waals surface area contributed by atoms with Crippen LogP contribution >= 0.6 is 0 Å². The summed E-state index contributed by atoms with van der Waals surface area (Å²) in [5.74, 6) is 0. The molecular weight excluding hydrogens is 194 g/mol. The lowest BCUT2D eigenvalue weighted by atomic mass is 10.1. The largest absolute Gasteiger partial charge is 0.265 e. The summed E-state index contributed by atoms with van der Waals surface area (Å²) in [5, 5.41) is 0. The molecule has 0 saturated heterocycles. The Bertz CT molecular complexity index is 352. The molecule has 0 saturated carbocycles. The Morgan fingerprint density at radius 1 is 1.19 bits per heavy atom. The van der Waals surface area contributed by atoms with E-state index in [2.05, 4.69) is 47.5 Å². The molecule has 1 rings (SSSR count). The van der Waals surface area contributed by atoms with Gasteiger partial charge in [0.1, 0.15) is 0 Å². The summed E-state index contributed by atoms with van der Waals surface area (Å²) >= 11 is 0. The van der Waals surface area contributed by atoms with Crippen LogP contribution in [0.15, 0.2) is 65.9 Å². The highest BCUT2D eigenvalue weighted by molar-refractivity contribution is 5.87. The number of nitrogens with zero attached hydrogens (tertiary/aromatic N) is 1. The molecule has 0 aromatic rings. The minimum absolute atomic E-state index is 0.919. The van der Waals surface area contributed by atoms with Crippen LogP contribution in [0.2, 0.25) is 0 Å². The first-order valence-electron chi connectivity index (χ1n) is 5.73. The van der Waals surface area contributed by atoms with Gasteiger partial charge in [0.15, 0.2) is 0 Å². The van der Waals surface area contributed by atoms with E-state index in [-0.39, 0.29) is 0 Å². The zero-order chi connectivity index (χ0) is 11.5. The van der Waals surface area contributed by atoms with Crippen molar-refractivity contribution in [3.8, 4) is 0 Å². The van der Waals surface area contributed by atoms with E-state index in [0.29, 0.717) is 0 Å². The number of hydrogen-bond donors (Lipinski definition) is 0. The summed E-state index contributed by atoms with van der Waals surface area (Å²) in [5.41, 5.74) is 1.20. The van der Waals surface area contributed by atoms with Crippen LogP contribution in [0.1, 0.15) is 26.2 Å². The van der Waals surface area contributed by atoms with Crippen LogP contribution in [0.4, 0.5) is 0 Å². The van der Waals surface area contributed by atoms with Gasteiger partial charge >= 0.3 is 0 Å². The molecule has 0 fully saturated rings. The lowest BCUT2D eigenvalue weighted by Gasteiger charge is -1.98. The molecule has 0 aliphatic carbocycles. The van der Waals surface area contributed by atoms with Gasteiger partial charge in [0.2, 0.25) is 0 Å². The van der Waals surface area contributed by atoms with Crippen LogP contribution in [-0.2, 0) is 0 Å². The Morgan fingerprint density at radius 3 is 2.94 bits per heavy atom. The fourth-order valence-corrected chi connectivity index (χ4v) is 1.32. The van der Waals surface area contributed by atoms with Gasteiger partial charge in [-0.25, -0.2) is 0 Å². The standard InChI is InChI=1S/C15H19N/c1-2-3-4-9-12-15-13-10-7-5-6-8-11-14-16-15/h2-7,9-11,14H,8,12-13H2,1H3/b3-2-,6-5-,9-4-,10-7-,14-11-,16-15?. The quantitative estimate of drug-likeness (QED) is 0.617. The second-order valence-corrected chi connectivity index (χ2v) is 3.53. The SMILES string of the molecule is C/C=C\C=C/CC1=N/C=C\C/C=C\C=C/C1. The van der Waals surface area contributed by atoms with E-state index in [1.54, 1.807) is 0 Å². The molecule has 1 aliphatic heterocycles. The highest BCUT2D eigenvalue weighted by atomic mass is 14.7. The van der Waals surface area contributed by atoms with Crippen LogP contribution in [0.25, 0.3) is 0 Å². The van der Waals surface area contributed by atoms with Gasteiger partial charge in [-0.2, -0.15) is 0 Å². The molecule has 0 spiro atoms. The average Bonchev–Trinajstić information content (AvgIpc) is 2.32. The second kappa shape index (κ2) is 8.66. The average molecular weight is 213 g/mol. The van der Waals surface area contributed by atoms with Crippen molar-refractivity contribution in [2.45, 2.75) is 26.2 Å². The maximum atomic E-state index is 4.46. The van der Waals surface area contributed by atoms with Gasteiger partial charge in [0, 0.05) is 24.8 Å². The van der Waals surface area contributed by atoms with Crippen LogP contribution in [0, 0.1) is 0 Å². The van der Waals surface area contributed by atoms with Gasteiger partial charge in [-0.1, -0.05) is 54.7 Å². The normalized spacial score (nSPS) is 23.2. The first-order valence-corrected chi connectivity index (χ1v) is 5.73. The van der Waals surface area contributed by atoms with Gasteiger partial charge in [-0.3, -0.25) is 4.99 Å². The van der Waals surface area contributed by atoms with E-state index in [1.807, 2.05) is 25.3 Å². The third kappa shape index (κ3) is 5.97. The molecule has 1 nitrogen and oxygen atoms in total. The minimum Gasteiger partial charge on any atom is -0.265 e. The van der Waals surface area contributed by atoms with Gasteiger partial charge < -0.3 is 0 Å². The van der Waals surface area contributed by atoms with Gasteiger partial charge in [0.25, 0.3) is 0 Å². The molecule has 1 heterocycles. The van der Waals surface area contributed by atoms with Crippen molar-refractivity contribution in [3.05, 3.63) is 60.9 Å². The van der Waals surface area contributed by atoms with Gasteiger partial charge in [-0.15, -0.1) is 0 Å². The second-order valence-electron chi connectivity index (χ2n) is 3.53. The van der Waals surface area contributed by atoms with Crippen LogP contribution in [0.5, 0.6) is 0 Å². The highest BCUT2D eigenvalue weighted by Crippen LogP contribution is 2.01. The summed E-state index contributed by atoms with van der Waals surface area (Å²) < 4.78 is 0. The van der Waals surface area contributed by atoms with E-state index in [1.165, 1.54) is 5.71 Å². The first kappa shape index (κ1) is 12.4. The fourth-order valence-electron chi connectivity index (χ4n) is 1.32. The fraction of sp³-hybridized carbons (Fsp3) is 0.267. The summed E-state index contributed by atoms with van der Waals surface area (Å²) in [6.45, 7) is 2.02. The van der Waals surface area contributed by atoms with E-state index in [4.69, 9.17) is 0 Å². The molecule has 1 aliphatic rings. The molecule has 0 unspecified atom stereocenters. The molecule has 1 heteroatoms. The summed E-state index contributed by atoms with van der Waals surface area (Å²) in [7, 11) is 0. The van der Waals surface area contributed by atoms with Crippen LogP contribution in [0.3, 0.4) is 0 Å².